The van der Waals surface area contributed by atoms with E-state index in [4.69, 9.17) is 5.21 Å². The van der Waals surface area contributed by atoms with Gasteiger partial charge in [0.25, 0.3) is 0 Å². The van der Waals surface area contributed by atoms with Crippen molar-refractivity contribution in [3.8, 4) is 0 Å². The Morgan fingerprint density at radius 1 is 1.57 bits per heavy atom. The maximum Gasteiger partial charge on any atom is 0.0946 e. The van der Waals surface area contributed by atoms with Crippen molar-refractivity contribution in [3.05, 3.63) is 18.7 Å². The van der Waals surface area contributed by atoms with E-state index in [1.54, 1.807) is 6.20 Å². The molecule has 0 aromatic carbocycles. The molecule has 0 radical (unpaired) electrons. The number of nitrogens with zero attached hydrogens (tertiary/aromatic N) is 3. The quantitative estimate of drug-likeness (QED) is 0.576. The van der Waals surface area contributed by atoms with Gasteiger partial charge in [0.1, 0.15) is 0 Å². The second kappa shape index (κ2) is 4.26. The molecule has 0 spiro atoms. The van der Waals surface area contributed by atoms with Gasteiger partial charge in [0.15, 0.2) is 0 Å². The molecule has 1 heterocycles. The first-order valence-corrected chi connectivity index (χ1v) is 5.06. The molecule has 14 heavy (non-hydrogen) atoms. The number of hydrogen-bond acceptors (Lipinski definition) is 3. The minimum Gasteiger partial charge on any atom is -0.411 e. The van der Waals surface area contributed by atoms with Crippen molar-refractivity contribution in [2.24, 2.45) is 11.1 Å². The van der Waals surface area contributed by atoms with E-state index in [1.807, 2.05) is 17.1 Å². The normalized spacial score (nSPS) is 25.4. The lowest BCUT2D eigenvalue weighted by atomic mass is 9.87. The lowest BCUT2D eigenvalue weighted by molar-refractivity contribution is 0.306. The first kappa shape index (κ1) is 9.24. The van der Waals surface area contributed by atoms with Crippen LogP contribution in [0, 0.1) is 5.92 Å². The molecule has 2 rings (SSSR count). The highest BCUT2D eigenvalue weighted by atomic mass is 16.4. The molecule has 0 bridgehead atoms. The van der Waals surface area contributed by atoms with Gasteiger partial charge in [0.05, 0.1) is 12.0 Å². The van der Waals surface area contributed by atoms with Gasteiger partial charge < -0.3 is 9.77 Å². The Bertz CT molecular complexity index is 305. The smallest absolute Gasteiger partial charge is 0.0946 e. The lowest BCUT2D eigenvalue weighted by Gasteiger charge is -2.22. The van der Waals surface area contributed by atoms with Gasteiger partial charge in [-0.15, -0.1) is 0 Å². The van der Waals surface area contributed by atoms with Crippen molar-refractivity contribution in [2.75, 3.05) is 0 Å². The van der Waals surface area contributed by atoms with Crippen LogP contribution in [0.5, 0.6) is 0 Å². The fourth-order valence-corrected chi connectivity index (χ4v) is 2.05. The molecule has 0 saturated heterocycles. The van der Waals surface area contributed by atoms with Gasteiger partial charge in [0.2, 0.25) is 0 Å². The first-order chi connectivity index (χ1) is 6.90. The summed E-state index contributed by atoms with van der Waals surface area (Å²) in [5.41, 5.74) is 0.949. The average Bonchev–Trinajstić information content (AvgIpc) is 2.71. The van der Waals surface area contributed by atoms with Gasteiger partial charge in [-0.3, -0.25) is 0 Å². The highest BCUT2D eigenvalue weighted by Crippen LogP contribution is 2.23. The van der Waals surface area contributed by atoms with E-state index in [9.17, 15) is 0 Å². The minimum atomic E-state index is 0.392. The van der Waals surface area contributed by atoms with Crippen LogP contribution in [0.15, 0.2) is 23.9 Å². The second-order valence-electron chi connectivity index (χ2n) is 3.79. The highest BCUT2D eigenvalue weighted by molar-refractivity contribution is 5.86. The van der Waals surface area contributed by atoms with E-state index in [0.717, 1.165) is 31.5 Å². The monoisotopic (exact) mass is 193 g/mol. The SMILES string of the molecule is O/N=C1\CCCC[C@H]1Cn1ccnc1. The summed E-state index contributed by atoms with van der Waals surface area (Å²) in [5.74, 6) is 0.392. The van der Waals surface area contributed by atoms with Gasteiger partial charge in [-0.1, -0.05) is 11.6 Å². The molecule has 1 aliphatic carbocycles. The molecular weight excluding hydrogens is 178 g/mol. The van der Waals surface area contributed by atoms with Crippen LogP contribution >= 0.6 is 0 Å². The molecule has 1 aliphatic rings. The predicted octanol–water partition coefficient (Wildman–Crippen LogP) is 1.90. The summed E-state index contributed by atoms with van der Waals surface area (Å²) in [4.78, 5) is 4.00. The highest BCUT2D eigenvalue weighted by Gasteiger charge is 2.20. The predicted molar refractivity (Wildman–Crippen MR) is 53.4 cm³/mol. The number of oxime groups is 1. The van der Waals surface area contributed by atoms with Gasteiger partial charge in [-0.25, -0.2) is 4.98 Å². The van der Waals surface area contributed by atoms with Crippen molar-refractivity contribution in [3.63, 3.8) is 0 Å². The molecule has 1 N–H and O–H groups in total. The Hall–Kier alpha value is -1.32. The summed E-state index contributed by atoms with van der Waals surface area (Å²) in [7, 11) is 0. The average molecular weight is 193 g/mol. The molecule has 1 aromatic rings. The van der Waals surface area contributed by atoms with Crippen LogP contribution < -0.4 is 0 Å². The van der Waals surface area contributed by atoms with Crippen LogP contribution in [0.25, 0.3) is 0 Å². The molecule has 0 amide bonds. The maximum absolute atomic E-state index is 8.85. The Kier molecular flexibility index (Phi) is 2.81. The molecule has 0 aliphatic heterocycles. The zero-order valence-electron chi connectivity index (χ0n) is 8.13. The number of imidazole rings is 1. The third-order valence-corrected chi connectivity index (χ3v) is 2.83. The number of hydrogen-bond donors (Lipinski definition) is 1. The Morgan fingerprint density at radius 2 is 2.50 bits per heavy atom. The van der Waals surface area contributed by atoms with Crippen LogP contribution in [0.3, 0.4) is 0 Å². The van der Waals surface area contributed by atoms with Crippen molar-refractivity contribution >= 4 is 5.71 Å². The lowest BCUT2D eigenvalue weighted by Crippen LogP contribution is -2.23. The Balaban J connectivity index is 2.02. The molecule has 1 aromatic heterocycles. The summed E-state index contributed by atoms with van der Waals surface area (Å²) in [6.07, 6.45) is 9.98. The fourth-order valence-electron chi connectivity index (χ4n) is 2.05. The van der Waals surface area contributed by atoms with E-state index in [0.29, 0.717) is 5.92 Å². The molecule has 1 saturated carbocycles. The Labute approximate surface area is 83.3 Å². The largest absolute Gasteiger partial charge is 0.411 e. The van der Waals surface area contributed by atoms with E-state index >= 15 is 0 Å². The third-order valence-electron chi connectivity index (χ3n) is 2.83. The summed E-state index contributed by atoms with van der Waals surface area (Å²) >= 11 is 0. The summed E-state index contributed by atoms with van der Waals surface area (Å²) in [5, 5.41) is 12.2. The molecule has 0 unspecified atom stereocenters. The second-order valence-corrected chi connectivity index (χ2v) is 3.79. The van der Waals surface area contributed by atoms with E-state index in [1.165, 1.54) is 6.42 Å². The molecule has 4 nitrogen and oxygen atoms in total. The summed E-state index contributed by atoms with van der Waals surface area (Å²) in [6, 6.07) is 0. The van der Waals surface area contributed by atoms with Gasteiger partial charge in [-0.05, 0) is 19.3 Å². The summed E-state index contributed by atoms with van der Waals surface area (Å²) < 4.78 is 2.04. The van der Waals surface area contributed by atoms with Crippen LogP contribution in [-0.2, 0) is 6.54 Å². The number of rotatable bonds is 2. The van der Waals surface area contributed by atoms with Crippen molar-refractivity contribution in [2.45, 2.75) is 32.2 Å². The third kappa shape index (κ3) is 1.95. The van der Waals surface area contributed by atoms with Crippen molar-refractivity contribution in [1.29, 1.82) is 0 Å². The van der Waals surface area contributed by atoms with Gasteiger partial charge in [-0.2, -0.15) is 0 Å². The van der Waals surface area contributed by atoms with E-state index in [2.05, 4.69) is 10.1 Å². The first-order valence-electron chi connectivity index (χ1n) is 5.06. The van der Waals surface area contributed by atoms with E-state index in [-0.39, 0.29) is 0 Å². The summed E-state index contributed by atoms with van der Waals surface area (Å²) in [6.45, 7) is 0.888. The van der Waals surface area contributed by atoms with Crippen molar-refractivity contribution in [1.82, 2.24) is 9.55 Å². The van der Waals surface area contributed by atoms with Crippen molar-refractivity contribution < 1.29 is 5.21 Å². The topological polar surface area (TPSA) is 50.4 Å². The minimum absolute atomic E-state index is 0.392. The van der Waals surface area contributed by atoms with Gasteiger partial charge in [0, 0.05) is 24.9 Å². The molecule has 4 heteroatoms. The number of aromatic nitrogens is 2. The van der Waals surface area contributed by atoms with Crippen LogP contribution in [0.4, 0.5) is 0 Å². The molecule has 1 atom stereocenters. The molecule has 1 fully saturated rings. The molecular formula is C10H15N3O. The fraction of sp³-hybridized carbons (Fsp3) is 0.600. The standard InChI is InChI=1S/C10H15N3O/c14-12-10-4-2-1-3-9(10)7-13-6-5-11-8-13/h5-6,8-9,14H,1-4,7H2/b12-10+/t9-/m0/s1. The Morgan fingerprint density at radius 3 is 3.21 bits per heavy atom. The van der Waals surface area contributed by atoms with E-state index < -0.39 is 0 Å². The van der Waals surface area contributed by atoms with Crippen LogP contribution in [-0.4, -0.2) is 20.5 Å². The maximum atomic E-state index is 8.85. The van der Waals surface area contributed by atoms with Crippen LogP contribution in [0.1, 0.15) is 25.7 Å². The van der Waals surface area contributed by atoms with Gasteiger partial charge >= 0.3 is 0 Å². The molecule has 76 valence electrons. The zero-order chi connectivity index (χ0) is 9.80. The zero-order valence-corrected chi connectivity index (χ0v) is 8.13. The van der Waals surface area contributed by atoms with Crippen LogP contribution in [0.2, 0.25) is 0 Å².